The smallest absolute Gasteiger partial charge is 0.255 e. The predicted octanol–water partition coefficient (Wildman–Crippen LogP) is 4.63. The van der Waals surface area contributed by atoms with Gasteiger partial charge in [-0.25, -0.2) is 4.98 Å². The average Bonchev–Trinajstić information content (AvgIpc) is 2.70. The zero-order valence-corrected chi connectivity index (χ0v) is 17.8. The van der Waals surface area contributed by atoms with Gasteiger partial charge in [-0.1, -0.05) is 42.1 Å². The van der Waals surface area contributed by atoms with Gasteiger partial charge in [0.05, 0.1) is 12.7 Å². The number of ether oxygens (including phenoxy) is 2. The molecule has 0 saturated carbocycles. The van der Waals surface area contributed by atoms with Crippen molar-refractivity contribution in [3.63, 3.8) is 0 Å². The summed E-state index contributed by atoms with van der Waals surface area (Å²) in [5, 5.41) is 0.619. The highest BCUT2D eigenvalue weighted by Crippen LogP contribution is 2.20. The SMILES string of the molecule is Cc1nc(SCCOc2ccc(OC(C)C)cc2)[nH]c(=O)c1Cc1ccccc1. The Kier molecular flexibility index (Phi) is 7.36. The number of aryl methyl sites for hydroxylation is 1. The topological polar surface area (TPSA) is 64.2 Å². The highest BCUT2D eigenvalue weighted by molar-refractivity contribution is 7.99. The highest BCUT2D eigenvalue weighted by Gasteiger charge is 2.09. The first kappa shape index (κ1) is 21.0. The van der Waals surface area contributed by atoms with Crippen molar-refractivity contribution in [3.05, 3.63) is 81.8 Å². The first-order valence-corrected chi connectivity index (χ1v) is 10.7. The molecular weight excluding hydrogens is 384 g/mol. The molecule has 0 aliphatic rings. The van der Waals surface area contributed by atoms with Crippen LogP contribution in [0.15, 0.2) is 64.5 Å². The monoisotopic (exact) mass is 410 g/mol. The molecule has 0 spiro atoms. The number of rotatable bonds is 9. The summed E-state index contributed by atoms with van der Waals surface area (Å²) in [5.74, 6) is 2.30. The summed E-state index contributed by atoms with van der Waals surface area (Å²) in [5.41, 5.74) is 2.49. The number of nitrogens with zero attached hydrogens (tertiary/aromatic N) is 1. The lowest BCUT2D eigenvalue weighted by atomic mass is 10.1. The lowest BCUT2D eigenvalue weighted by molar-refractivity contribution is 0.242. The normalized spacial score (nSPS) is 10.9. The molecule has 2 aromatic carbocycles. The maximum absolute atomic E-state index is 12.5. The molecule has 152 valence electrons. The molecule has 0 amide bonds. The number of benzene rings is 2. The van der Waals surface area contributed by atoms with Crippen molar-refractivity contribution in [1.82, 2.24) is 9.97 Å². The fourth-order valence-corrected chi connectivity index (χ4v) is 3.57. The highest BCUT2D eigenvalue weighted by atomic mass is 32.2. The fraction of sp³-hybridized carbons (Fsp3) is 0.304. The van der Waals surface area contributed by atoms with Crippen molar-refractivity contribution in [2.24, 2.45) is 0 Å². The summed E-state index contributed by atoms with van der Waals surface area (Å²) in [7, 11) is 0. The van der Waals surface area contributed by atoms with Crippen LogP contribution >= 0.6 is 11.8 Å². The molecule has 0 unspecified atom stereocenters. The Labute approximate surface area is 175 Å². The van der Waals surface area contributed by atoms with Gasteiger partial charge < -0.3 is 14.5 Å². The van der Waals surface area contributed by atoms with Crippen LogP contribution in [-0.4, -0.2) is 28.4 Å². The van der Waals surface area contributed by atoms with Gasteiger partial charge in [0.1, 0.15) is 11.5 Å². The number of aromatic nitrogens is 2. The predicted molar refractivity (Wildman–Crippen MR) is 117 cm³/mol. The molecule has 0 aliphatic heterocycles. The minimum Gasteiger partial charge on any atom is -0.493 e. The number of hydrogen-bond acceptors (Lipinski definition) is 5. The van der Waals surface area contributed by atoms with Gasteiger partial charge in [0.2, 0.25) is 0 Å². The lowest BCUT2D eigenvalue weighted by Gasteiger charge is -2.11. The fourth-order valence-electron chi connectivity index (χ4n) is 2.85. The van der Waals surface area contributed by atoms with E-state index < -0.39 is 0 Å². The molecule has 0 bridgehead atoms. The molecule has 1 aromatic heterocycles. The van der Waals surface area contributed by atoms with E-state index in [0.717, 1.165) is 22.8 Å². The van der Waals surface area contributed by atoms with Crippen LogP contribution < -0.4 is 15.0 Å². The van der Waals surface area contributed by atoms with Gasteiger partial charge in [0.25, 0.3) is 5.56 Å². The van der Waals surface area contributed by atoms with Crippen LogP contribution in [0.4, 0.5) is 0 Å². The molecule has 0 fully saturated rings. The number of hydrogen-bond donors (Lipinski definition) is 1. The first-order valence-electron chi connectivity index (χ1n) is 9.67. The van der Waals surface area contributed by atoms with Crippen LogP contribution in [0.3, 0.4) is 0 Å². The van der Waals surface area contributed by atoms with E-state index in [2.05, 4.69) is 9.97 Å². The zero-order chi connectivity index (χ0) is 20.6. The van der Waals surface area contributed by atoms with Gasteiger partial charge >= 0.3 is 0 Å². The summed E-state index contributed by atoms with van der Waals surface area (Å²) in [6.07, 6.45) is 0.731. The van der Waals surface area contributed by atoms with Crippen molar-refractivity contribution in [2.75, 3.05) is 12.4 Å². The minimum absolute atomic E-state index is 0.0782. The van der Waals surface area contributed by atoms with E-state index in [4.69, 9.17) is 9.47 Å². The van der Waals surface area contributed by atoms with Crippen LogP contribution in [0.1, 0.15) is 30.7 Å². The maximum Gasteiger partial charge on any atom is 0.255 e. The van der Waals surface area contributed by atoms with Crippen LogP contribution in [0.25, 0.3) is 0 Å². The van der Waals surface area contributed by atoms with E-state index in [1.54, 1.807) is 0 Å². The molecule has 6 heteroatoms. The van der Waals surface area contributed by atoms with E-state index in [0.29, 0.717) is 29.5 Å². The number of nitrogens with one attached hydrogen (secondary N) is 1. The van der Waals surface area contributed by atoms with Gasteiger partial charge in [-0.2, -0.15) is 0 Å². The largest absolute Gasteiger partial charge is 0.493 e. The second kappa shape index (κ2) is 10.2. The number of thioether (sulfide) groups is 1. The zero-order valence-electron chi connectivity index (χ0n) is 17.0. The molecule has 3 aromatic rings. The Morgan fingerprint density at radius 3 is 2.38 bits per heavy atom. The summed E-state index contributed by atoms with van der Waals surface area (Å²) >= 11 is 1.48. The van der Waals surface area contributed by atoms with Crippen LogP contribution in [0, 0.1) is 6.92 Å². The Hall–Kier alpha value is -2.73. The third kappa shape index (κ3) is 6.39. The standard InChI is InChI=1S/C23H26N2O3S/c1-16(2)28-20-11-9-19(10-12-20)27-13-14-29-23-24-17(3)21(22(26)25-23)15-18-7-5-4-6-8-18/h4-12,16H,13-15H2,1-3H3,(H,24,25,26). The maximum atomic E-state index is 12.5. The second-order valence-electron chi connectivity index (χ2n) is 6.93. The van der Waals surface area contributed by atoms with Crippen molar-refractivity contribution >= 4 is 11.8 Å². The molecule has 3 rings (SSSR count). The molecule has 0 atom stereocenters. The first-order chi connectivity index (χ1) is 14.0. The van der Waals surface area contributed by atoms with Crippen molar-refractivity contribution in [2.45, 2.75) is 38.5 Å². The van der Waals surface area contributed by atoms with E-state index in [-0.39, 0.29) is 11.7 Å². The van der Waals surface area contributed by atoms with E-state index in [1.807, 2.05) is 75.4 Å². The Balaban J connectivity index is 1.51. The summed E-state index contributed by atoms with van der Waals surface area (Å²) < 4.78 is 11.4. The van der Waals surface area contributed by atoms with Crippen LogP contribution in [-0.2, 0) is 6.42 Å². The quantitative estimate of drug-likeness (QED) is 0.317. The molecule has 0 aliphatic carbocycles. The Bertz CT molecular complexity index is 970. The molecule has 0 saturated heterocycles. The summed E-state index contributed by atoms with van der Waals surface area (Å²) in [6.45, 7) is 6.39. The van der Waals surface area contributed by atoms with Crippen LogP contribution in [0.5, 0.6) is 11.5 Å². The van der Waals surface area contributed by atoms with E-state index in [1.165, 1.54) is 11.8 Å². The molecular formula is C23H26N2O3S. The summed E-state index contributed by atoms with van der Waals surface area (Å²) in [6, 6.07) is 17.5. The van der Waals surface area contributed by atoms with Crippen LogP contribution in [0.2, 0.25) is 0 Å². The molecule has 1 N–H and O–H groups in total. The second-order valence-corrected chi connectivity index (χ2v) is 8.02. The lowest BCUT2D eigenvalue weighted by Crippen LogP contribution is -2.18. The Morgan fingerprint density at radius 1 is 1.03 bits per heavy atom. The minimum atomic E-state index is -0.0782. The molecule has 0 radical (unpaired) electrons. The van der Waals surface area contributed by atoms with E-state index >= 15 is 0 Å². The van der Waals surface area contributed by atoms with Gasteiger partial charge in [0.15, 0.2) is 5.16 Å². The van der Waals surface area contributed by atoms with Gasteiger partial charge in [-0.05, 0) is 50.6 Å². The van der Waals surface area contributed by atoms with Gasteiger partial charge in [0, 0.05) is 23.4 Å². The number of aromatic amines is 1. The van der Waals surface area contributed by atoms with Gasteiger partial charge in [-0.3, -0.25) is 4.79 Å². The van der Waals surface area contributed by atoms with Crippen molar-refractivity contribution in [3.8, 4) is 11.5 Å². The van der Waals surface area contributed by atoms with Crippen molar-refractivity contribution in [1.29, 1.82) is 0 Å². The van der Waals surface area contributed by atoms with Crippen molar-refractivity contribution < 1.29 is 9.47 Å². The third-order valence-corrected chi connectivity index (χ3v) is 5.05. The molecule has 29 heavy (non-hydrogen) atoms. The summed E-state index contributed by atoms with van der Waals surface area (Å²) in [4.78, 5) is 19.9. The molecule has 1 heterocycles. The molecule has 5 nitrogen and oxygen atoms in total. The average molecular weight is 411 g/mol. The van der Waals surface area contributed by atoms with Gasteiger partial charge in [-0.15, -0.1) is 0 Å². The Morgan fingerprint density at radius 2 is 1.72 bits per heavy atom. The van der Waals surface area contributed by atoms with E-state index in [9.17, 15) is 4.79 Å². The number of H-pyrrole nitrogens is 1. The third-order valence-electron chi connectivity index (χ3n) is 4.21.